The molecular formula is C11H10ClF3N2OS. The highest BCUT2D eigenvalue weighted by atomic mass is 35.5. The van der Waals surface area contributed by atoms with Gasteiger partial charge in [-0.15, -0.1) is 0 Å². The second-order valence-electron chi connectivity index (χ2n) is 3.88. The van der Waals surface area contributed by atoms with Crippen LogP contribution in [0.5, 0.6) is 0 Å². The lowest BCUT2D eigenvalue weighted by Crippen LogP contribution is -2.19. The van der Waals surface area contributed by atoms with Crippen molar-refractivity contribution >= 4 is 34.9 Å². The molecule has 19 heavy (non-hydrogen) atoms. The van der Waals surface area contributed by atoms with Gasteiger partial charge < -0.3 is 14.3 Å². The predicted molar refractivity (Wildman–Crippen MR) is 69.0 cm³/mol. The van der Waals surface area contributed by atoms with E-state index in [1.54, 1.807) is 22.8 Å². The van der Waals surface area contributed by atoms with E-state index in [9.17, 15) is 13.2 Å². The number of halogens is 4. The number of nitrogens with zero attached hydrogens (tertiary/aromatic N) is 1. The number of para-hydroxylation sites is 1. The molecule has 2 rings (SSSR count). The van der Waals surface area contributed by atoms with Crippen LogP contribution in [0, 0.1) is 4.77 Å². The summed E-state index contributed by atoms with van der Waals surface area (Å²) in [5.41, 5.74) is 1.41. The maximum Gasteiger partial charge on any atom is 0.411 e. The molecule has 0 fully saturated rings. The Kier molecular flexibility index (Phi) is 4.17. The van der Waals surface area contributed by atoms with Gasteiger partial charge in [0.2, 0.25) is 0 Å². The van der Waals surface area contributed by atoms with Crippen molar-refractivity contribution in [2.75, 3.05) is 13.2 Å². The number of hydrogen-bond acceptors (Lipinski definition) is 2. The molecule has 0 radical (unpaired) electrons. The Bertz CT molecular complexity index is 635. The lowest BCUT2D eigenvalue weighted by Gasteiger charge is -2.08. The SMILES string of the molecule is FC(F)(F)COCCn1c(=S)[nH]c2c(Cl)cccc21. The summed E-state index contributed by atoms with van der Waals surface area (Å²) in [5, 5.41) is 0.513. The van der Waals surface area contributed by atoms with Crippen molar-refractivity contribution in [2.24, 2.45) is 0 Å². The quantitative estimate of drug-likeness (QED) is 0.685. The Morgan fingerprint density at radius 2 is 2.11 bits per heavy atom. The van der Waals surface area contributed by atoms with Gasteiger partial charge in [0.15, 0.2) is 4.77 Å². The molecule has 0 bridgehead atoms. The number of benzene rings is 1. The van der Waals surface area contributed by atoms with E-state index < -0.39 is 12.8 Å². The Balaban J connectivity index is 2.11. The van der Waals surface area contributed by atoms with Gasteiger partial charge in [-0.25, -0.2) is 0 Å². The van der Waals surface area contributed by atoms with Gasteiger partial charge in [0.1, 0.15) is 6.61 Å². The number of alkyl halides is 3. The predicted octanol–water partition coefficient (Wildman–Crippen LogP) is 3.93. The van der Waals surface area contributed by atoms with Crippen molar-refractivity contribution in [3.63, 3.8) is 0 Å². The fourth-order valence-electron chi connectivity index (χ4n) is 1.71. The normalized spacial score (nSPS) is 12.2. The highest BCUT2D eigenvalue weighted by molar-refractivity contribution is 7.71. The standard InChI is InChI=1S/C11H10ClF3N2OS/c12-7-2-1-3-8-9(7)16-10(19)17(8)4-5-18-6-11(13,14)15/h1-3H,4-6H2,(H,16,19). The summed E-state index contributed by atoms with van der Waals surface area (Å²) in [4.78, 5) is 2.92. The molecule has 0 saturated carbocycles. The molecule has 0 aliphatic carbocycles. The molecule has 0 saturated heterocycles. The summed E-state index contributed by atoms with van der Waals surface area (Å²) in [5.74, 6) is 0. The van der Waals surface area contributed by atoms with E-state index in [1.165, 1.54) is 0 Å². The van der Waals surface area contributed by atoms with Crippen molar-refractivity contribution in [1.29, 1.82) is 0 Å². The first-order valence-electron chi connectivity index (χ1n) is 5.40. The maximum absolute atomic E-state index is 11.9. The zero-order valence-corrected chi connectivity index (χ0v) is 11.2. The summed E-state index contributed by atoms with van der Waals surface area (Å²) in [7, 11) is 0. The molecule has 0 atom stereocenters. The van der Waals surface area contributed by atoms with Gasteiger partial charge in [0, 0.05) is 6.54 Å². The molecular weight excluding hydrogens is 301 g/mol. The second kappa shape index (κ2) is 5.52. The maximum atomic E-state index is 11.9. The van der Waals surface area contributed by atoms with Gasteiger partial charge in [-0.05, 0) is 24.4 Å². The van der Waals surface area contributed by atoms with Crippen LogP contribution < -0.4 is 0 Å². The Morgan fingerprint density at radius 3 is 2.79 bits per heavy atom. The van der Waals surface area contributed by atoms with Gasteiger partial charge >= 0.3 is 6.18 Å². The number of ether oxygens (including phenoxy) is 1. The van der Waals surface area contributed by atoms with Crippen molar-refractivity contribution < 1.29 is 17.9 Å². The Morgan fingerprint density at radius 1 is 1.37 bits per heavy atom. The summed E-state index contributed by atoms with van der Waals surface area (Å²) < 4.78 is 42.4. The number of aromatic amines is 1. The van der Waals surface area contributed by atoms with Gasteiger partial charge in [-0.1, -0.05) is 17.7 Å². The molecule has 0 aliphatic heterocycles. The monoisotopic (exact) mass is 310 g/mol. The minimum absolute atomic E-state index is 0.0761. The van der Waals surface area contributed by atoms with Crippen LogP contribution in [-0.2, 0) is 11.3 Å². The van der Waals surface area contributed by atoms with Crippen molar-refractivity contribution in [3.05, 3.63) is 28.0 Å². The topological polar surface area (TPSA) is 29.9 Å². The van der Waals surface area contributed by atoms with E-state index in [4.69, 9.17) is 23.8 Å². The summed E-state index contributed by atoms with van der Waals surface area (Å²) >= 11 is 11.1. The van der Waals surface area contributed by atoms with Gasteiger partial charge in [-0.2, -0.15) is 13.2 Å². The van der Waals surface area contributed by atoms with Crippen LogP contribution in [0.3, 0.4) is 0 Å². The molecule has 1 aromatic carbocycles. The summed E-state index contributed by atoms with van der Waals surface area (Å²) in [6.07, 6.45) is -4.31. The molecule has 0 unspecified atom stereocenters. The smallest absolute Gasteiger partial charge is 0.370 e. The fourth-order valence-corrected chi connectivity index (χ4v) is 2.22. The molecule has 1 N–H and O–H groups in total. The van der Waals surface area contributed by atoms with Crippen LogP contribution in [0.2, 0.25) is 5.02 Å². The van der Waals surface area contributed by atoms with Crippen LogP contribution in [0.15, 0.2) is 18.2 Å². The lowest BCUT2D eigenvalue weighted by atomic mass is 10.3. The van der Waals surface area contributed by atoms with Gasteiger partial charge in [0.05, 0.1) is 22.7 Å². The number of H-pyrrole nitrogens is 1. The van der Waals surface area contributed by atoms with E-state index in [2.05, 4.69) is 9.72 Å². The van der Waals surface area contributed by atoms with E-state index in [1.807, 2.05) is 0 Å². The minimum atomic E-state index is -4.31. The first-order valence-corrected chi connectivity index (χ1v) is 6.18. The first-order chi connectivity index (χ1) is 8.88. The zero-order chi connectivity index (χ0) is 14.0. The van der Waals surface area contributed by atoms with Crippen molar-refractivity contribution in [2.45, 2.75) is 12.7 Å². The molecule has 0 amide bonds. The second-order valence-corrected chi connectivity index (χ2v) is 4.68. The van der Waals surface area contributed by atoms with Crippen LogP contribution in [0.1, 0.15) is 0 Å². The van der Waals surface area contributed by atoms with Crippen molar-refractivity contribution in [3.8, 4) is 0 Å². The Hall–Kier alpha value is -1.05. The molecule has 0 aliphatic rings. The third kappa shape index (κ3) is 3.49. The molecule has 8 heteroatoms. The summed E-state index contributed by atoms with van der Waals surface area (Å²) in [6.45, 7) is -1.11. The zero-order valence-electron chi connectivity index (χ0n) is 9.63. The van der Waals surface area contributed by atoms with E-state index in [0.29, 0.717) is 15.3 Å². The highest BCUT2D eigenvalue weighted by Gasteiger charge is 2.27. The highest BCUT2D eigenvalue weighted by Crippen LogP contribution is 2.22. The van der Waals surface area contributed by atoms with Gasteiger partial charge in [0.25, 0.3) is 0 Å². The van der Waals surface area contributed by atoms with Crippen LogP contribution >= 0.6 is 23.8 Å². The number of hydrogen-bond donors (Lipinski definition) is 1. The third-order valence-corrected chi connectivity index (χ3v) is 3.12. The minimum Gasteiger partial charge on any atom is -0.370 e. The molecule has 2 aromatic rings. The largest absolute Gasteiger partial charge is 0.411 e. The molecule has 1 aromatic heterocycles. The molecule has 1 heterocycles. The van der Waals surface area contributed by atoms with Crippen molar-refractivity contribution in [1.82, 2.24) is 9.55 Å². The number of aromatic nitrogens is 2. The average Bonchev–Trinajstić information content (AvgIpc) is 2.62. The Labute approximate surface area is 116 Å². The summed E-state index contributed by atoms with van der Waals surface area (Å²) in [6, 6.07) is 5.25. The third-order valence-electron chi connectivity index (χ3n) is 2.48. The van der Waals surface area contributed by atoms with Crippen LogP contribution in [-0.4, -0.2) is 28.9 Å². The van der Waals surface area contributed by atoms with Gasteiger partial charge in [-0.3, -0.25) is 0 Å². The van der Waals surface area contributed by atoms with Crippen LogP contribution in [0.4, 0.5) is 13.2 Å². The molecule has 104 valence electrons. The number of nitrogens with one attached hydrogen (secondary N) is 1. The molecule has 0 spiro atoms. The number of rotatable bonds is 4. The van der Waals surface area contributed by atoms with Crippen LogP contribution in [0.25, 0.3) is 11.0 Å². The average molecular weight is 311 g/mol. The first kappa shape index (κ1) is 14.4. The number of fused-ring (bicyclic) bond motifs is 1. The molecule has 3 nitrogen and oxygen atoms in total. The number of imidazole rings is 1. The van der Waals surface area contributed by atoms with E-state index >= 15 is 0 Å². The fraction of sp³-hybridized carbons (Fsp3) is 0.364. The van der Waals surface area contributed by atoms with E-state index in [-0.39, 0.29) is 13.2 Å². The lowest BCUT2D eigenvalue weighted by molar-refractivity contribution is -0.174. The van der Waals surface area contributed by atoms with E-state index in [0.717, 1.165) is 5.52 Å².